The molecule has 9 nitrogen and oxygen atoms in total. The summed E-state index contributed by atoms with van der Waals surface area (Å²) in [6, 6.07) is 3.71. The second kappa shape index (κ2) is 8.44. The van der Waals surface area contributed by atoms with Crippen molar-refractivity contribution in [2.24, 2.45) is 7.05 Å². The zero-order chi connectivity index (χ0) is 19.3. The fraction of sp³-hybridized carbons (Fsp3) is 0.389. The van der Waals surface area contributed by atoms with E-state index in [1.807, 2.05) is 24.0 Å². The quantitative estimate of drug-likeness (QED) is 0.698. The first kappa shape index (κ1) is 18.5. The first-order chi connectivity index (χ1) is 13.7. The number of nitrogens with zero attached hydrogens (tertiary/aromatic N) is 7. The molecule has 1 saturated heterocycles. The van der Waals surface area contributed by atoms with E-state index in [-0.39, 0.29) is 5.91 Å². The third-order valence-corrected chi connectivity index (χ3v) is 5.27. The lowest BCUT2D eigenvalue weighted by Gasteiger charge is -2.22. The number of rotatable bonds is 5. The number of aryl methyl sites for hydroxylation is 1. The second-order valence-electron chi connectivity index (χ2n) is 6.74. The largest absolute Gasteiger partial charge is 0.355 e. The summed E-state index contributed by atoms with van der Waals surface area (Å²) in [5.41, 5.74) is 3.32. The number of amides is 1. The molecule has 1 N–H and O–H groups in total. The van der Waals surface area contributed by atoms with Crippen LogP contribution in [0, 0.1) is 0 Å². The molecule has 0 spiro atoms. The number of hydrogen-bond donors (Lipinski definition) is 1. The summed E-state index contributed by atoms with van der Waals surface area (Å²) >= 11 is 1.28. The Morgan fingerprint density at radius 1 is 1.21 bits per heavy atom. The standard InChI is InChI=1S/C18H22N8OS/c1-24-11-14(9-21-24)12-25-5-2-6-26(8-7-25)16-4-3-15(10-19-16)17(27)22-18-23-20-13-28-18/h3-4,9-11,13H,2,5-8,12H2,1H3,(H,22,23,27). The van der Waals surface area contributed by atoms with Crippen molar-refractivity contribution >= 4 is 28.2 Å². The third-order valence-electron chi connectivity index (χ3n) is 4.67. The van der Waals surface area contributed by atoms with Crippen LogP contribution in [0.1, 0.15) is 22.3 Å². The number of hydrogen-bond acceptors (Lipinski definition) is 8. The Bertz CT molecular complexity index is 908. The van der Waals surface area contributed by atoms with Gasteiger partial charge in [-0.05, 0) is 18.6 Å². The summed E-state index contributed by atoms with van der Waals surface area (Å²) in [7, 11) is 1.94. The van der Waals surface area contributed by atoms with E-state index in [1.54, 1.807) is 17.8 Å². The van der Waals surface area contributed by atoms with Gasteiger partial charge in [-0.3, -0.25) is 19.7 Å². The minimum atomic E-state index is -0.227. The van der Waals surface area contributed by atoms with Crippen molar-refractivity contribution in [3.63, 3.8) is 0 Å². The molecule has 0 aromatic carbocycles. The van der Waals surface area contributed by atoms with Gasteiger partial charge in [0.2, 0.25) is 5.13 Å². The van der Waals surface area contributed by atoms with Gasteiger partial charge in [0.15, 0.2) is 0 Å². The summed E-state index contributed by atoms with van der Waals surface area (Å²) < 4.78 is 1.84. The van der Waals surface area contributed by atoms with Crippen molar-refractivity contribution in [2.45, 2.75) is 13.0 Å². The summed E-state index contributed by atoms with van der Waals surface area (Å²) in [6.45, 7) is 4.79. The Morgan fingerprint density at radius 2 is 2.14 bits per heavy atom. The lowest BCUT2D eigenvalue weighted by Crippen LogP contribution is -2.31. The van der Waals surface area contributed by atoms with Crippen molar-refractivity contribution in [1.29, 1.82) is 0 Å². The van der Waals surface area contributed by atoms with Gasteiger partial charge in [-0.25, -0.2) is 4.98 Å². The summed E-state index contributed by atoms with van der Waals surface area (Å²) in [4.78, 5) is 21.5. The maximum absolute atomic E-state index is 12.2. The van der Waals surface area contributed by atoms with Gasteiger partial charge >= 0.3 is 0 Å². The lowest BCUT2D eigenvalue weighted by molar-refractivity contribution is 0.102. The molecule has 3 aromatic rings. The maximum Gasteiger partial charge on any atom is 0.259 e. The van der Waals surface area contributed by atoms with Crippen molar-refractivity contribution < 1.29 is 4.79 Å². The van der Waals surface area contributed by atoms with E-state index in [1.165, 1.54) is 16.9 Å². The van der Waals surface area contributed by atoms with Crippen LogP contribution < -0.4 is 10.2 Å². The second-order valence-corrected chi connectivity index (χ2v) is 7.58. The molecule has 0 saturated carbocycles. The molecule has 28 heavy (non-hydrogen) atoms. The highest BCUT2D eigenvalue weighted by Crippen LogP contribution is 2.17. The van der Waals surface area contributed by atoms with Crippen molar-refractivity contribution in [2.75, 3.05) is 36.4 Å². The predicted octanol–water partition coefficient (Wildman–Crippen LogP) is 1.63. The molecule has 146 valence electrons. The Labute approximate surface area is 167 Å². The molecular weight excluding hydrogens is 376 g/mol. The molecular formula is C18H22N8OS. The van der Waals surface area contributed by atoms with Crippen LogP contribution in [0.15, 0.2) is 36.2 Å². The topological polar surface area (TPSA) is 92.1 Å². The fourth-order valence-corrected chi connectivity index (χ4v) is 3.71. The van der Waals surface area contributed by atoms with Gasteiger partial charge in [0, 0.05) is 57.7 Å². The molecule has 3 aromatic heterocycles. The normalized spacial score (nSPS) is 15.4. The number of carbonyl (C=O) groups excluding carboxylic acids is 1. The van der Waals surface area contributed by atoms with E-state index >= 15 is 0 Å². The molecule has 0 radical (unpaired) electrons. The Balaban J connectivity index is 1.34. The average Bonchev–Trinajstić information content (AvgIpc) is 3.29. The molecule has 4 rings (SSSR count). The van der Waals surface area contributed by atoms with Crippen LogP contribution in [0.4, 0.5) is 10.9 Å². The van der Waals surface area contributed by atoms with E-state index in [0.29, 0.717) is 10.7 Å². The predicted molar refractivity (Wildman–Crippen MR) is 107 cm³/mol. The molecule has 0 aliphatic carbocycles. The van der Waals surface area contributed by atoms with Crippen LogP contribution in [0.2, 0.25) is 0 Å². The van der Waals surface area contributed by atoms with Crippen molar-refractivity contribution in [3.05, 3.63) is 47.4 Å². The number of nitrogens with one attached hydrogen (secondary N) is 1. The van der Waals surface area contributed by atoms with Crippen molar-refractivity contribution in [1.82, 2.24) is 29.9 Å². The fourth-order valence-electron chi connectivity index (χ4n) is 3.27. The molecule has 4 heterocycles. The lowest BCUT2D eigenvalue weighted by atomic mass is 10.2. The number of aromatic nitrogens is 5. The molecule has 1 aliphatic rings. The van der Waals surface area contributed by atoms with E-state index in [9.17, 15) is 4.79 Å². The highest BCUT2D eigenvalue weighted by atomic mass is 32.1. The molecule has 0 unspecified atom stereocenters. The molecule has 0 atom stereocenters. The highest BCUT2D eigenvalue weighted by Gasteiger charge is 2.17. The number of pyridine rings is 1. The Kier molecular flexibility index (Phi) is 5.58. The Hall–Kier alpha value is -2.85. The van der Waals surface area contributed by atoms with E-state index in [4.69, 9.17) is 0 Å². The van der Waals surface area contributed by atoms with Crippen LogP contribution in [0.25, 0.3) is 0 Å². The van der Waals surface area contributed by atoms with Crippen LogP contribution in [-0.2, 0) is 13.6 Å². The van der Waals surface area contributed by atoms with Gasteiger partial charge in [-0.15, -0.1) is 10.2 Å². The highest BCUT2D eigenvalue weighted by molar-refractivity contribution is 7.13. The first-order valence-electron chi connectivity index (χ1n) is 9.16. The molecule has 10 heteroatoms. The summed E-state index contributed by atoms with van der Waals surface area (Å²) in [5.74, 6) is 0.671. The SMILES string of the molecule is Cn1cc(CN2CCCN(c3ccc(C(=O)Nc4nncs4)cn3)CC2)cn1. The van der Waals surface area contributed by atoms with Gasteiger partial charge in [0.05, 0.1) is 11.8 Å². The average molecular weight is 398 g/mol. The van der Waals surface area contributed by atoms with Gasteiger partial charge in [0.1, 0.15) is 11.3 Å². The van der Waals surface area contributed by atoms with Gasteiger partial charge in [0.25, 0.3) is 5.91 Å². The van der Waals surface area contributed by atoms with E-state index < -0.39 is 0 Å². The summed E-state index contributed by atoms with van der Waals surface area (Å²) in [5, 5.41) is 15.0. The van der Waals surface area contributed by atoms with Gasteiger partial charge in [-0.2, -0.15) is 5.10 Å². The van der Waals surface area contributed by atoms with E-state index in [2.05, 4.69) is 41.6 Å². The first-order valence-corrected chi connectivity index (χ1v) is 10.0. The minimum absolute atomic E-state index is 0.227. The van der Waals surface area contributed by atoms with Crippen LogP contribution in [0.3, 0.4) is 0 Å². The monoisotopic (exact) mass is 398 g/mol. The van der Waals surface area contributed by atoms with Gasteiger partial charge in [-0.1, -0.05) is 11.3 Å². The minimum Gasteiger partial charge on any atom is -0.355 e. The molecule has 0 bridgehead atoms. The summed E-state index contributed by atoms with van der Waals surface area (Å²) in [6.07, 6.45) is 6.68. The Morgan fingerprint density at radius 3 is 2.86 bits per heavy atom. The molecule has 1 fully saturated rings. The smallest absolute Gasteiger partial charge is 0.259 e. The maximum atomic E-state index is 12.2. The van der Waals surface area contributed by atoms with Crippen LogP contribution in [-0.4, -0.2) is 61.9 Å². The number of anilines is 2. The van der Waals surface area contributed by atoms with E-state index in [0.717, 1.165) is 45.0 Å². The number of carbonyl (C=O) groups is 1. The van der Waals surface area contributed by atoms with Crippen molar-refractivity contribution in [3.8, 4) is 0 Å². The zero-order valence-corrected chi connectivity index (χ0v) is 16.5. The molecule has 1 amide bonds. The molecule has 1 aliphatic heterocycles. The van der Waals surface area contributed by atoms with Crippen LogP contribution >= 0.6 is 11.3 Å². The van der Waals surface area contributed by atoms with Crippen LogP contribution in [0.5, 0.6) is 0 Å². The van der Waals surface area contributed by atoms with Gasteiger partial charge < -0.3 is 4.90 Å². The third kappa shape index (κ3) is 4.52. The zero-order valence-electron chi connectivity index (χ0n) is 15.7.